The zero-order chi connectivity index (χ0) is 17.9. The molecule has 1 aromatic heterocycles. The van der Waals surface area contributed by atoms with Crippen molar-refractivity contribution in [1.29, 1.82) is 0 Å². The highest BCUT2D eigenvalue weighted by molar-refractivity contribution is 5.98. The molecule has 1 N–H and O–H groups in total. The van der Waals surface area contributed by atoms with E-state index in [-0.39, 0.29) is 12.2 Å². The van der Waals surface area contributed by atoms with Crippen molar-refractivity contribution >= 4 is 17.6 Å². The Bertz CT molecular complexity index is 771. The zero-order valence-corrected chi connectivity index (χ0v) is 13.1. The molecule has 1 heterocycles. The Morgan fingerprint density at radius 2 is 2.00 bits per heavy atom. The van der Waals surface area contributed by atoms with Crippen molar-refractivity contribution in [2.75, 3.05) is 0 Å². The molecule has 24 heavy (non-hydrogen) atoms. The van der Waals surface area contributed by atoms with Crippen LogP contribution >= 0.6 is 0 Å². The van der Waals surface area contributed by atoms with E-state index in [0.29, 0.717) is 5.56 Å². The third-order valence-corrected chi connectivity index (χ3v) is 3.49. The largest absolute Gasteiger partial charge is 0.480 e. The molecule has 0 saturated heterocycles. The quantitative estimate of drug-likeness (QED) is 0.631. The lowest BCUT2D eigenvalue weighted by molar-refractivity contribution is -0.385. The fourth-order valence-corrected chi connectivity index (χ4v) is 2.20. The number of aromatic nitrogens is 2. The van der Waals surface area contributed by atoms with Gasteiger partial charge in [0.05, 0.1) is 4.92 Å². The lowest BCUT2D eigenvalue weighted by Gasteiger charge is -2.25. The van der Waals surface area contributed by atoms with Crippen LogP contribution in [0.25, 0.3) is 0 Å². The minimum atomic E-state index is -1.21. The molecule has 0 spiro atoms. The highest BCUT2D eigenvalue weighted by Crippen LogP contribution is 2.21. The van der Waals surface area contributed by atoms with Crippen LogP contribution in [0.4, 0.5) is 5.69 Å². The van der Waals surface area contributed by atoms with Gasteiger partial charge in [-0.1, -0.05) is 30.3 Å². The first-order chi connectivity index (χ1) is 11.3. The van der Waals surface area contributed by atoms with Crippen molar-refractivity contribution in [2.45, 2.75) is 19.5 Å². The normalized spacial score (nSPS) is 11.8. The van der Waals surface area contributed by atoms with Crippen LogP contribution in [0.3, 0.4) is 0 Å². The van der Waals surface area contributed by atoms with Crippen LogP contribution in [-0.2, 0) is 18.4 Å². The first kappa shape index (κ1) is 17.1. The van der Waals surface area contributed by atoms with Crippen LogP contribution in [0.5, 0.6) is 0 Å². The number of carbonyl (C=O) groups excluding carboxylic acids is 1. The Morgan fingerprint density at radius 3 is 2.54 bits per heavy atom. The molecule has 2 rings (SSSR count). The van der Waals surface area contributed by atoms with Gasteiger partial charge in [0.1, 0.15) is 12.2 Å². The predicted molar refractivity (Wildman–Crippen MR) is 83.3 cm³/mol. The van der Waals surface area contributed by atoms with E-state index in [1.165, 1.54) is 14.0 Å². The summed E-state index contributed by atoms with van der Waals surface area (Å²) in [5.41, 5.74) is -0.137. The van der Waals surface area contributed by atoms with Gasteiger partial charge < -0.3 is 10.0 Å². The summed E-state index contributed by atoms with van der Waals surface area (Å²) in [6.45, 7) is 1.35. The van der Waals surface area contributed by atoms with Crippen molar-refractivity contribution in [1.82, 2.24) is 14.7 Å². The molecule has 1 aromatic carbocycles. The topological polar surface area (TPSA) is 119 Å². The summed E-state index contributed by atoms with van der Waals surface area (Å²) in [7, 11) is 1.45. The van der Waals surface area contributed by atoms with Gasteiger partial charge in [-0.3, -0.25) is 19.6 Å². The van der Waals surface area contributed by atoms with Gasteiger partial charge in [-0.2, -0.15) is 5.10 Å². The minimum Gasteiger partial charge on any atom is -0.480 e. The van der Waals surface area contributed by atoms with Crippen molar-refractivity contribution in [3.8, 4) is 0 Å². The minimum absolute atomic E-state index is 0.000862. The number of carbonyl (C=O) groups is 2. The van der Waals surface area contributed by atoms with Crippen LogP contribution in [0, 0.1) is 10.1 Å². The van der Waals surface area contributed by atoms with Gasteiger partial charge in [0, 0.05) is 13.6 Å². The molecule has 0 aliphatic carbocycles. The SMILES string of the molecule is CC(C(=O)O)N(Cc1ccccc1)C(=O)c1nn(C)cc1[N+](=O)[O-]. The highest BCUT2D eigenvalue weighted by Gasteiger charge is 2.33. The average molecular weight is 332 g/mol. The van der Waals surface area contributed by atoms with E-state index < -0.39 is 28.5 Å². The Hall–Kier alpha value is -3.23. The van der Waals surface area contributed by atoms with Crippen molar-refractivity contribution < 1.29 is 19.6 Å². The second kappa shape index (κ2) is 6.90. The Morgan fingerprint density at radius 1 is 1.38 bits per heavy atom. The Kier molecular flexibility index (Phi) is 4.93. The van der Waals surface area contributed by atoms with Crippen molar-refractivity contribution in [3.05, 3.63) is 57.9 Å². The van der Waals surface area contributed by atoms with Crippen LogP contribution in [-0.4, -0.2) is 42.6 Å². The van der Waals surface area contributed by atoms with Gasteiger partial charge in [0.25, 0.3) is 5.91 Å². The maximum absolute atomic E-state index is 12.7. The molecular weight excluding hydrogens is 316 g/mol. The number of benzene rings is 1. The summed E-state index contributed by atoms with van der Waals surface area (Å²) in [6.07, 6.45) is 1.11. The molecule has 0 radical (unpaired) electrons. The van der Waals surface area contributed by atoms with E-state index in [0.717, 1.165) is 15.8 Å². The third-order valence-electron chi connectivity index (χ3n) is 3.49. The summed E-state index contributed by atoms with van der Waals surface area (Å²) in [6, 6.07) is 7.61. The molecule has 2 aromatic rings. The number of carboxylic acids is 1. The lowest BCUT2D eigenvalue weighted by Crippen LogP contribution is -2.43. The monoisotopic (exact) mass is 332 g/mol. The first-order valence-electron chi connectivity index (χ1n) is 7.07. The maximum Gasteiger partial charge on any atom is 0.326 e. The molecule has 0 fully saturated rings. The van der Waals surface area contributed by atoms with Crippen LogP contribution in [0.1, 0.15) is 23.0 Å². The molecule has 1 atom stereocenters. The highest BCUT2D eigenvalue weighted by atomic mass is 16.6. The Balaban J connectivity index is 2.41. The smallest absolute Gasteiger partial charge is 0.326 e. The zero-order valence-electron chi connectivity index (χ0n) is 13.1. The van der Waals surface area contributed by atoms with E-state index in [1.807, 2.05) is 0 Å². The van der Waals surface area contributed by atoms with Gasteiger partial charge in [0.2, 0.25) is 5.69 Å². The molecule has 1 amide bonds. The molecule has 0 saturated carbocycles. The molecule has 1 unspecified atom stereocenters. The second-order valence-corrected chi connectivity index (χ2v) is 5.23. The number of amides is 1. The van der Waals surface area contributed by atoms with E-state index in [9.17, 15) is 24.8 Å². The molecule has 126 valence electrons. The van der Waals surface area contributed by atoms with E-state index in [4.69, 9.17) is 0 Å². The number of aliphatic carboxylic acids is 1. The van der Waals surface area contributed by atoms with Crippen molar-refractivity contribution in [2.24, 2.45) is 7.05 Å². The fraction of sp³-hybridized carbons (Fsp3) is 0.267. The number of hydrogen-bond acceptors (Lipinski definition) is 5. The average Bonchev–Trinajstić information content (AvgIpc) is 2.94. The molecule has 0 aliphatic heterocycles. The van der Waals surface area contributed by atoms with Gasteiger partial charge >= 0.3 is 11.7 Å². The summed E-state index contributed by atoms with van der Waals surface area (Å²) >= 11 is 0. The third kappa shape index (κ3) is 3.57. The van der Waals surface area contributed by atoms with Crippen LogP contribution < -0.4 is 0 Å². The molecule has 0 bridgehead atoms. The predicted octanol–water partition coefficient (Wildman–Crippen LogP) is 1.44. The van der Waals surface area contributed by atoms with Gasteiger partial charge in [-0.15, -0.1) is 0 Å². The van der Waals surface area contributed by atoms with Gasteiger partial charge in [-0.05, 0) is 12.5 Å². The standard InChI is InChI=1S/C15H16N4O5/c1-10(15(21)22)18(8-11-6-4-3-5-7-11)14(20)13-12(19(23)24)9-17(2)16-13/h3-7,9-10H,8H2,1-2H3,(H,21,22). The number of hydrogen-bond donors (Lipinski definition) is 1. The number of aryl methyl sites for hydroxylation is 1. The van der Waals surface area contributed by atoms with Gasteiger partial charge in [0.15, 0.2) is 0 Å². The fourth-order valence-electron chi connectivity index (χ4n) is 2.20. The molecular formula is C15H16N4O5. The lowest BCUT2D eigenvalue weighted by atomic mass is 10.1. The number of carboxylic acid groups (broad SMARTS) is 1. The van der Waals surface area contributed by atoms with Crippen molar-refractivity contribution in [3.63, 3.8) is 0 Å². The maximum atomic E-state index is 12.7. The van der Waals surface area contributed by atoms with E-state index >= 15 is 0 Å². The summed E-state index contributed by atoms with van der Waals surface area (Å²) in [5, 5.41) is 24.2. The molecule has 9 heteroatoms. The van der Waals surface area contributed by atoms with Crippen LogP contribution in [0.2, 0.25) is 0 Å². The molecule has 0 aliphatic rings. The second-order valence-electron chi connectivity index (χ2n) is 5.23. The number of nitro groups is 1. The molecule has 9 nitrogen and oxygen atoms in total. The summed E-state index contributed by atoms with van der Waals surface area (Å²) < 4.78 is 1.15. The summed E-state index contributed by atoms with van der Waals surface area (Å²) in [5.74, 6) is -2.01. The van der Waals surface area contributed by atoms with E-state index in [2.05, 4.69) is 5.10 Å². The number of nitrogens with zero attached hydrogens (tertiary/aromatic N) is 4. The number of rotatable bonds is 6. The van der Waals surface area contributed by atoms with E-state index in [1.54, 1.807) is 30.3 Å². The van der Waals surface area contributed by atoms with Gasteiger partial charge in [-0.25, -0.2) is 4.79 Å². The summed E-state index contributed by atoms with van der Waals surface area (Å²) in [4.78, 5) is 35.5. The van der Waals surface area contributed by atoms with Crippen LogP contribution in [0.15, 0.2) is 36.5 Å². The first-order valence-corrected chi connectivity index (χ1v) is 7.07. The Labute approximate surface area is 137 Å².